The van der Waals surface area contributed by atoms with Gasteiger partial charge in [-0.1, -0.05) is 19.9 Å². The van der Waals surface area contributed by atoms with E-state index in [4.69, 9.17) is 5.84 Å². The van der Waals surface area contributed by atoms with Crippen molar-refractivity contribution >= 4 is 5.96 Å². The second-order valence-corrected chi connectivity index (χ2v) is 4.27. The zero-order chi connectivity index (χ0) is 12.5. The molecule has 1 rings (SSSR count). The topological polar surface area (TPSA) is 75.3 Å². The number of aliphatic imine (C=N–C) groups is 1. The van der Waals surface area contributed by atoms with Crippen LogP contribution in [0.15, 0.2) is 29.5 Å². The average molecular weight is 235 g/mol. The molecule has 0 fully saturated rings. The van der Waals surface area contributed by atoms with Crippen LogP contribution in [-0.2, 0) is 6.42 Å². The molecule has 0 radical (unpaired) electrons. The number of pyridine rings is 1. The van der Waals surface area contributed by atoms with Gasteiger partial charge in [0.2, 0.25) is 5.96 Å². The first-order valence-corrected chi connectivity index (χ1v) is 5.86. The van der Waals surface area contributed by atoms with Crippen LogP contribution in [0, 0.1) is 5.92 Å². The Morgan fingerprint density at radius 1 is 1.53 bits per heavy atom. The van der Waals surface area contributed by atoms with E-state index in [1.54, 1.807) is 6.20 Å². The van der Waals surface area contributed by atoms with Gasteiger partial charge in [-0.2, -0.15) is 0 Å². The number of hydrogen-bond donors (Lipinski definition) is 3. The zero-order valence-electron chi connectivity index (χ0n) is 10.5. The summed E-state index contributed by atoms with van der Waals surface area (Å²) < 4.78 is 0. The monoisotopic (exact) mass is 235 g/mol. The number of rotatable bonds is 5. The second kappa shape index (κ2) is 7.62. The molecular formula is C12H21N5. The van der Waals surface area contributed by atoms with Gasteiger partial charge in [-0.05, 0) is 24.0 Å². The molecule has 0 bridgehead atoms. The predicted molar refractivity (Wildman–Crippen MR) is 70.4 cm³/mol. The molecule has 0 spiro atoms. The third-order valence-corrected chi connectivity index (χ3v) is 2.18. The maximum atomic E-state index is 5.38. The number of nitrogens with zero attached hydrogens (tertiary/aromatic N) is 2. The molecule has 0 aliphatic rings. The van der Waals surface area contributed by atoms with Gasteiger partial charge in [-0.15, -0.1) is 0 Å². The van der Waals surface area contributed by atoms with Crippen LogP contribution in [0.3, 0.4) is 0 Å². The predicted octanol–water partition coefficient (Wildman–Crippen LogP) is 0.689. The van der Waals surface area contributed by atoms with Crippen molar-refractivity contribution in [2.75, 3.05) is 13.1 Å². The molecule has 1 aromatic rings. The quantitative estimate of drug-likeness (QED) is 0.304. The molecular weight excluding hydrogens is 214 g/mol. The van der Waals surface area contributed by atoms with Crippen molar-refractivity contribution in [3.05, 3.63) is 30.1 Å². The molecule has 5 heteroatoms. The van der Waals surface area contributed by atoms with Gasteiger partial charge in [-0.25, -0.2) is 5.84 Å². The van der Waals surface area contributed by atoms with Crippen molar-refractivity contribution in [2.24, 2.45) is 16.8 Å². The molecule has 1 aromatic heterocycles. The summed E-state index contributed by atoms with van der Waals surface area (Å²) >= 11 is 0. The smallest absolute Gasteiger partial charge is 0.205 e. The third kappa shape index (κ3) is 5.87. The number of hydrazine groups is 1. The highest BCUT2D eigenvalue weighted by Crippen LogP contribution is 1.95. The fourth-order valence-electron chi connectivity index (χ4n) is 1.30. The lowest BCUT2D eigenvalue weighted by Crippen LogP contribution is -2.42. The summed E-state index contributed by atoms with van der Waals surface area (Å²) in [6.45, 7) is 5.78. The molecule has 0 atom stereocenters. The minimum atomic E-state index is 0.526. The van der Waals surface area contributed by atoms with Gasteiger partial charge in [0.1, 0.15) is 0 Å². The van der Waals surface area contributed by atoms with Crippen LogP contribution in [0.1, 0.15) is 19.4 Å². The highest BCUT2D eigenvalue weighted by Gasteiger charge is 1.97. The standard InChI is InChI=1S/C12H21N5/c1-10(2)8-16-12(17-13)15-7-5-11-4-3-6-14-9-11/h3-4,6,9-10H,5,7-8,13H2,1-2H3,(H2,15,16,17). The van der Waals surface area contributed by atoms with Gasteiger partial charge < -0.3 is 5.32 Å². The summed E-state index contributed by atoms with van der Waals surface area (Å²) in [5.41, 5.74) is 3.76. The van der Waals surface area contributed by atoms with Gasteiger partial charge >= 0.3 is 0 Å². The van der Waals surface area contributed by atoms with Crippen molar-refractivity contribution in [3.63, 3.8) is 0 Å². The Morgan fingerprint density at radius 2 is 2.35 bits per heavy atom. The number of nitrogens with two attached hydrogens (primary N) is 1. The van der Waals surface area contributed by atoms with Gasteiger partial charge in [0.15, 0.2) is 0 Å². The molecule has 0 unspecified atom stereocenters. The maximum Gasteiger partial charge on any atom is 0.205 e. The lowest BCUT2D eigenvalue weighted by atomic mass is 10.2. The van der Waals surface area contributed by atoms with Crippen LogP contribution in [0.4, 0.5) is 0 Å². The molecule has 0 aromatic carbocycles. The Kier molecular flexibility index (Phi) is 6.03. The molecule has 0 saturated heterocycles. The molecule has 0 aliphatic carbocycles. The number of guanidine groups is 1. The average Bonchev–Trinajstić information content (AvgIpc) is 2.34. The van der Waals surface area contributed by atoms with E-state index in [0.717, 1.165) is 19.5 Å². The molecule has 0 aliphatic heterocycles. The summed E-state index contributed by atoms with van der Waals surface area (Å²) in [6, 6.07) is 3.99. The molecule has 4 N–H and O–H groups in total. The first-order valence-electron chi connectivity index (χ1n) is 5.86. The Labute approximate surface area is 103 Å². The molecule has 5 nitrogen and oxygen atoms in total. The minimum Gasteiger partial charge on any atom is -0.355 e. The number of aromatic nitrogens is 1. The van der Waals surface area contributed by atoms with Crippen molar-refractivity contribution in [2.45, 2.75) is 20.3 Å². The zero-order valence-corrected chi connectivity index (χ0v) is 10.5. The van der Waals surface area contributed by atoms with Crippen molar-refractivity contribution in [1.82, 2.24) is 15.7 Å². The van der Waals surface area contributed by atoms with Gasteiger partial charge in [-0.3, -0.25) is 15.4 Å². The van der Waals surface area contributed by atoms with E-state index < -0.39 is 0 Å². The lowest BCUT2D eigenvalue weighted by Gasteiger charge is -2.09. The minimum absolute atomic E-state index is 0.526. The van der Waals surface area contributed by atoms with Crippen LogP contribution in [0.5, 0.6) is 0 Å². The summed E-state index contributed by atoms with van der Waals surface area (Å²) in [5, 5.41) is 3.16. The molecule has 1 heterocycles. The Morgan fingerprint density at radius 3 is 2.94 bits per heavy atom. The second-order valence-electron chi connectivity index (χ2n) is 4.27. The van der Waals surface area contributed by atoms with E-state index in [1.165, 1.54) is 5.56 Å². The first kappa shape index (κ1) is 13.4. The highest BCUT2D eigenvalue weighted by atomic mass is 15.3. The molecule has 0 amide bonds. The summed E-state index contributed by atoms with van der Waals surface area (Å²) in [5.74, 6) is 6.55. The van der Waals surface area contributed by atoms with Crippen LogP contribution in [-0.4, -0.2) is 24.0 Å². The van der Waals surface area contributed by atoms with Gasteiger partial charge in [0.05, 0.1) is 0 Å². The Balaban J connectivity index is 2.31. The summed E-state index contributed by atoms with van der Waals surface area (Å²) in [7, 11) is 0. The Hall–Kier alpha value is -1.62. The summed E-state index contributed by atoms with van der Waals surface area (Å²) in [4.78, 5) is 8.39. The van der Waals surface area contributed by atoms with E-state index in [-0.39, 0.29) is 0 Å². The largest absolute Gasteiger partial charge is 0.355 e. The normalized spacial score (nSPS) is 11.6. The van der Waals surface area contributed by atoms with Crippen LogP contribution in [0.2, 0.25) is 0 Å². The number of nitrogens with one attached hydrogen (secondary N) is 2. The van der Waals surface area contributed by atoms with E-state index >= 15 is 0 Å². The van der Waals surface area contributed by atoms with Crippen LogP contribution < -0.4 is 16.6 Å². The van der Waals surface area contributed by atoms with E-state index in [1.807, 2.05) is 12.3 Å². The van der Waals surface area contributed by atoms with Gasteiger partial charge in [0.25, 0.3) is 0 Å². The fourth-order valence-corrected chi connectivity index (χ4v) is 1.30. The number of hydrogen-bond acceptors (Lipinski definition) is 3. The molecule has 17 heavy (non-hydrogen) atoms. The van der Waals surface area contributed by atoms with Crippen molar-refractivity contribution < 1.29 is 0 Å². The van der Waals surface area contributed by atoms with E-state index in [2.05, 4.69) is 40.6 Å². The highest BCUT2D eigenvalue weighted by molar-refractivity contribution is 5.79. The lowest BCUT2D eigenvalue weighted by molar-refractivity contribution is 0.656. The van der Waals surface area contributed by atoms with Crippen molar-refractivity contribution in [1.29, 1.82) is 0 Å². The third-order valence-electron chi connectivity index (χ3n) is 2.18. The van der Waals surface area contributed by atoms with Crippen LogP contribution in [0.25, 0.3) is 0 Å². The SMILES string of the molecule is CC(C)CN=C(NN)NCCc1cccnc1. The van der Waals surface area contributed by atoms with E-state index in [0.29, 0.717) is 11.9 Å². The fraction of sp³-hybridized carbons (Fsp3) is 0.500. The van der Waals surface area contributed by atoms with Crippen molar-refractivity contribution in [3.8, 4) is 0 Å². The van der Waals surface area contributed by atoms with Crippen LogP contribution >= 0.6 is 0 Å². The maximum absolute atomic E-state index is 5.38. The first-order chi connectivity index (χ1) is 8.22. The summed E-state index contributed by atoms with van der Waals surface area (Å²) in [6.07, 6.45) is 4.53. The van der Waals surface area contributed by atoms with Gasteiger partial charge in [0, 0.05) is 25.5 Å². The van der Waals surface area contributed by atoms with E-state index in [9.17, 15) is 0 Å². The molecule has 94 valence electrons. The molecule has 0 saturated carbocycles. The Bertz CT molecular complexity index is 334.